The maximum atomic E-state index is 12.8. The summed E-state index contributed by atoms with van der Waals surface area (Å²) < 4.78 is 11.6. The fraction of sp³-hybridized carbons (Fsp3) is 0.167. The van der Waals surface area contributed by atoms with Crippen LogP contribution in [0.25, 0.3) is 0 Å². The van der Waals surface area contributed by atoms with E-state index in [0.717, 1.165) is 17.2 Å². The topological polar surface area (TPSA) is 72.8 Å². The molecule has 0 radical (unpaired) electrons. The van der Waals surface area contributed by atoms with Crippen LogP contribution in [0.2, 0.25) is 0 Å². The highest BCUT2D eigenvalue weighted by molar-refractivity contribution is 6.09. The third kappa shape index (κ3) is 6.83. The number of rotatable bonds is 9. The lowest BCUT2D eigenvalue weighted by atomic mass is 9.94. The minimum absolute atomic E-state index is 0.0395. The van der Waals surface area contributed by atoms with Gasteiger partial charge in [0.2, 0.25) is 0 Å². The Labute approximate surface area is 205 Å². The zero-order valence-corrected chi connectivity index (χ0v) is 20.1. The highest BCUT2D eigenvalue weighted by atomic mass is 16.5. The van der Waals surface area contributed by atoms with Crippen LogP contribution < -0.4 is 0 Å². The van der Waals surface area contributed by atoms with E-state index in [-0.39, 0.29) is 23.2 Å². The first kappa shape index (κ1) is 25.3. The van der Waals surface area contributed by atoms with Gasteiger partial charge < -0.3 is 14.6 Å². The Hall–Kier alpha value is -4.34. The summed E-state index contributed by atoms with van der Waals surface area (Å²) in [6.45, 7) is 7.42. The summed E-state index contributed by atoms with van der Waals surface area (Å²) in [4.78, 5) is 23.9. The molecular weight excluding hydrogens is 440 g/mol. The molecule has 0 saturated heterocycles. The minimum Gasteiger partial charge on any atom is -0.507 e. The summed E-state index contributed by atoms with van der Waals surface area (Å²) in [5, 5.41) is 9.72. The zero-order valence-electron chi connectivity index (χ0n) is 20.1. The molecule has 0 fully saturated rings. The molecular formula is C30H28O5. The minimum atomic E-state index is -0.250. The second kappa shape index (κ2) is 11.7. The van der Waals surface area contributed by atoms with Crippen molar-refractivity contribution in [3.63, 3.8) is 0 Å². The van der Waals surface area contributed by atoms with E-state index in [2.05, 4.69) is 12.3 Å². The second-order valence-electron chi connectivity index (χ2n) is 8.11. The molecule has 5 heteroatoms. The van der Waals surface area contributed by atoms with Gasteiger partial charge >= 0.3 is 0 Å². The average Bonchev–Trinajstić information content (AvgIpc) is 2.87. The van der Waals surface area contributed by atoms with E-state index in [1.165, 1.54) is 13.0 Å². The van der Waals surface area contributed by atoms with Crippen LogP contribution in [-0.4, -0.2) is 23.8 Å². The molecule has 3 rings (SSSR count). The molecule has 0 bridgehead atoms. The molecule has 0 saturated carbocycles. The maximum Gasteiger partial charge on any atom is 0.193 e. The van der Waals surface area contributed by atoms with Crippen LogP contribution in [0, 0.1) is 0 Å². The van der Waals surface area contributed by atoms with Crippen molar-refractivity contribution in [3.05, 3.63) is 137 Å². The number of aliphatic hydroxyl groups excluding tert-OH is 1. The van der Waals surface area contributed by atoms with E-state index >= 15 is 0 Å². The molecule has 178 valence electrons. The number of ether oxygens (including phenoxy) is 2. The van der Waals surface area contributed by atoms with Crippen LogP contribution in [0.5, 0.6) is 0 Å². The standard InChI is InChI=1S/C30H28O5/c1-20(31)17-27(32)15-13-23-14-16-28(29(18-23)34-4)35-22(3)21(2)25-11-8-12-26(19-25)30(33)24-9-6-5-7-10-24/h5-12,14-17,19,21,32H,3,18H2,1-2,4H3. The van der Waals surface area contributed by atoms with Gasteiger partial charge in [0.05, 0.1) is 7.11 Å². The monoisotopic (exact) mass is 468 g/mol. The van der Waals surface area contributed by atoms with Crippen molar-refractivity contribution < 1.29 is 24.2 Å². The van der Waals surface area contributed by atoms with Crippen molar-refractivity contribution in [2.75, 3.05) is 7.11 Å². The first-order valence-corrected chi connectivity index (χ1v) is 11.2. The van der Waals surface area contributed by atoms with Gasteiger partial charge in [-0.2, -0.15) is 0 Å². The summed E-state index contributed by atoms with van der Waals surface area (Å²) in [6, 6.07) is 16.6. The fourth-order valence-electron chi connectivity index (χ4n) is 3.49. The molecule has 0 aromatic heterocycles. The first-order chi connectivity index (χ1) is 16.8. The second-order valence-corrected chi connectivity index (χ2v) is 8.11. The summed E-state index contributed by atoms with van der Waals surface area (Å²) >= 11 is 0. The molecule has 2 aromatic rings. The average molecular weight is 469 g/mol. The van der Waals surface area contributed by atoms with Crippen LogP contribution in [0.1, 0.15) is 47.7 Å². The number of benzene rings is 2. The Bertz CT molecular complexity index is 1290. The maximum absolute atomic E-state index is 12.8. The summed E-state index contributed by atoms with van der Waals surface area (Å²) in [5.41, 5.74) is 5.86. The number of hydrogen-bond donors (Lipinski definition) is 1. The zero-order chi connectivity index (χ0) is 25.4. The quantitative estimate of drug-likeness (QED) is 0.150. The predicted molar refractivity (Wildman–Crippen MR) is 136 cm³/mol. The van der Waals surface area contributed by atoms with Crippen molar-refractivity contribution in [1.82, 2.24) is 0 Å². The summed E-state index contributed by atoms with van der Waals surface area (Å²) in [5.74, 6) is 0.979. The SMILES string of the molecule is C=C(OC1=C(OC)CC(=C=CC(O)=CC(C)=O)C=C1)C(C)c1cccc(C(=O)c2ccccc2)c1. The summed E-state index contributed by atoms with van der Waals surface area (Å²) in [6.07, 6.45) is 6.40. The molecule has 1 unspecified atom stereocenters. The van der Waals surface area contributed by atoms with Crippen molar-refractivity contribution in [3.8, 4) is 0 Å². The van der Waals surface area contributed by atoms with Gasteiger partial charge in [0, 0.05) is 41.2 Å². The van der Waals surface area contributed by atoms with Gasteiger partial charge in [0.15, 0.2) is 17.3 Å². The molecule has 1 aliphatic rings. The highest BCUT2D eigenvalue weighted by Crippen LogP contribution is 2.31. The molecule has 0 amide bonds. The highest BCUT2D eigenvalue weighted by Gasteiger charge is 2.19. The van der Waals surface area contributed by atoms with Crippen LogP contribution in [0.3, 0.4) is 0 Å². The Morgan fingerprint density at radius 3 is 2.49 bits per heavy atom. The van der Waals surface area contributed by atoms with Crippen LogP contribution >= 0.6 is 0 Å². The third-order valence-electron chi connectivity index (χ3n) is 5.47. The van der Waals surface area contributed by atoms with Gasteiger partial charge in [0.1, 0.15) is 17.3 Å². The fourth-order valence-corrected chi connectivity index (χ4v) is 3.49. The van der Waals surface area contributed by atoms with E-state index in [9.17, 15) is 14.7 Å². The number of allylic oxidation sites excluding steroid dienone is 6. The third-order valence-corrected chi connectivity index (χ3v) is 5.47. The lowest BCUT2D eigenvalue weighted by Crippen LogP contribution is -2.07. The lowest BCUT2D eigenvalue weighted by molar-refractivity contribution is -0.112. The first-order valence-electron chi connectivity index (χ1n) is 11.2. The van der Waals surface area contributed by atoms with E-state index in [1.54, 1.807) is 37.5 Å². The Kier molecular flexibility index (Phi) is 8.44. The van der Waals surface area contributed by atoms with Gasteiger partial charge in [-0.3, -0.25) is 9.59 Å². The van der Waals surface area contributed by atoms with Crippen molar-refractivity contribution in [2.24, 2.45) is 0 Å². The van der Waals surface area contributed by atoms with Crippen LogP contribution in [0.15, 0.2) is 120 Å². The van der Waals surface area contributed by atoms with E-state index in [1.807, 2.05) is 43.3 Å². The Morgan fingerprint density at radius 1 is 1.09 bits per heavy atom. The molecule has 2 aromatic carbocycles. The van der Waals surface area contributed by atoms with Crippen molar-refractivity contribution >= 4 is 11.6 Å². The number of methoxy groups -OCH3 is 1. The number of hydrogen-bond acceptors (Lipinski definition) is 5. The number of ketones is 2. The van der Waals surface area contributed by atoms with E-state index in [0.29, 0.717) is 34.8 Å². The van der Waals surface area contributed by atoms with Gasteiger partial charge in [-0.05, 0) is 30.7 Å². The molecule has 0 aliphatic heterocycles. The smallest absolute Gasteiger partial charge is 0.193 e. The van der Waals surface area contributed by atoms with Gasteiger partial charge in [-0.25, -0.2) is 0 Å². The number of aliphatic hydroxyl groups is 1. The van der Waals surface area contributed by atoms with E-state index < -0.39 is 0 Å². The molecule has 0 heterocycles. The van der Waals surface area contributed by atoms with Crippen molar-refractivity contribution in [2.45, 2.75) is 26.2 Å². The van der Waals surface area contributed by atoms with Crippen LogP contribution in [0.4, 0.5) is 0 Å². The molecule has 35 heavy (non-hydrogen) atoms. The van der Waals surface area contributed by atoms with Crippen molar-refractivity contribution in [1.29, 1.82) is 0 Å². The molecule has 0 spiro atoms. The van der Waals surface area contributed by atoms with Gasteiger partial charge in [-0.1, -0.05) is 62.0 Å². The van der Waals surface area contributed by atoms with E-state index in [4.69, 9.17) is 9.47 Å². The van der Waals surface area contributed by atoms with Gasteiger partial charge in [-0.15, -0.1) is 5.73 Å². The lowest BCUT2D eigenvalue weighted by Gasteiger charge is -2.21. The van der Waals surface area contributed by atoms with Gasteiger partial charge in [0.25, 0.3) is 0 Å². The Balaban J connectivity index is 1.74. The predicted octanol–water partition coefficient (Wildman–Crippen LogP) is 6.48. The molecule has 1 N–H and O–H groups in total. The molecule has 1 aliphatic carbocycles. The molecule has 5 nitrogen and oxygen atoms in total. The Morgan fingerprint density at radius 2 is 1.80 bits per heavy atom. The largest absolute Gasteiger partial charge is 0.507 e. The van der Waals surface area contributed by atoms with Crippen LogP contribution in [-0.2, 0) is 14.3 Å². The molecule has 1 atom stereocenters. The normalized spacial score (nSPS) is 14.1. The summed E-state index contributed by atoms with van der Waals surface area (Å²) in [7, 11) is 1.55. The number of carbonyl (C=O) groups excluding carboxylic acids is 2. The number of carbonyl (C=O) groups is 2.